The molecule has 316 valence electrons. The van der Waals surface area contributed by atoms with Crippen LogP contribution in [0.5, 0.6) is 0 Å². The number of hydrogen-bond acceptors (Lipinski definition) is 10. The number of hydrogen-bond donors (Lipinski definition) is 2. The van der Waals surface area contributed by atoms with Crippen molar-refractivity contribution in [2.24, 2.45) is 0 Å². The molecule has 2 aromatic heterocycles. The van der Waals surface area contributed by atoms with Crippen molar-refractivity contribution in [3.8, 4) is 0 Å². The average Bonchev–Trinajstić information content (AvgIpc) is 3.63. The van der Waals surface area contributed by atoms with Gasteiger partial charge in [-0.25, -0.2) is 4.57 Å². The second-order valence-electron chi connectivity index (χ2n) is 15.0. The number of esters is 2. The molecule has 0 radical (unpaired) electrons. The predicted molar refractivity (Wildman–Crippen MR) is 217 cm³/mol. The van der Waals surface area contributed by atoms with Gasteiger partial charge in [-0.2, -0.15) is 0 Å². The molecule has 1 unspecified atom stereocenters. The summed E-state index contributed by atoms with van der Waals surface area (Å²) in [6.07, 6.45) is 19.9. The Labute approximate surface area is 332 Å². The molecule has 0 spiro atoms. The Kier molecular flexibility index (Phi) is 25.6. The molecular weight excluding hydrogens is 721 g/mol. The smallest absolute Gasteiger partial charge is 0.466 e. The summed E-state index contributed by atoms with van der Waals surface area (Å²) < 4.78 is 45.4. The van der Waals surface area contributed by atoms with E-state index in [1.807, 2.05) is 0 Å². The number of furan rings is 2. The number of carbonyl (C=O) groups is 2. The maximum Gasteiger partial charge on any atom is 0.472 e. The zero-order chi connectivity index (χ0) is 40.3. The van der Waals surface area contributed by atoms with Crippen LogP contribution in [-0.4, -0.2) is 56.3 Å². The van der Waals surface area contributed by atoms with Crippen LogP contribution in [0, 0.1) is 20.8 Å². The monoisotopic (exact) mass is 796 g/mol. The molecule has 2 rings (SSSR count). The molecule has 2 N–H and O–H groups in total. The number of nitrogens with one attached hydrogen (secondary N) is 1. The largest absolute Gasteiger partial charge is 0.472 e. The summed E-state index contributed by atoms with van der Waals surface area (Å²) in [5.41, 5.74) is 3.84. The van der Waals surface area contributed by atoms with Crippen molar-refractivity contribution in [1.29, 1.82) is 0 Å². The minimum atomic E-state index is -4.37. The minimum absolute atomic E-state index is 0.0303. The van der Waals surface area contributed by atoms with E-state index < -0.39 is 32.5 Å². The highest BCUT2D eigenvalue weighted by Gasteiger charge is 2.26. The topological polar surface area (TPSA) is 147 Å². The van der Waals surface area contributed by atoms with E-state index in [2.05, 4.69) is 46.0 Å². The van der Waals surface area contributed by atoms with E-state index in [9.17, 15) is 19.0 Å². The first kappa shape index (κ1) is 48.7. The van der Waals surface area contributed by atoms with Crippen molar-refractivity contribution in [1.82, 2.24) is 5.32 Å². The summed E-state index contributed by atoms with van der Waals surface area (Å²) in [5, 5.41) is 2.82. The Morgan fingerprint density at radius 3 is 1.80 bits per heavy atom. The highest BCUT2D eigenvalue weighted by atomic mass is 31.2. The van der Waals surface area contributed by atoms with Crippen LogP contribution >= 0.6 is 7.82 Å². The Hall–Kier alpha value is -2.43. The molecule has 55 heavy (non-hydrogen) atoms. The lowest BCUT2D eigenvalue weighted by Gasteiger charge is -2.20. The van der Waals surface area contributed by atoms with E-state index in [0.717, 1.165) is 126 Å². The number of ether oxygens (including phenoxy) is 2. The van der Waals surface area contributed by atoms with E-state index in [-0.39, 0.29) is 26.1 Å². The van der Waals surface area contributed by atoms with Gasteiger partial charge in [-0.05, 0) is 89.1 Å². The molecule has 0 saturated carbocycles. The third-order valence-corrected chi connectivity index (χ3v) is 11.0. The standard InChI is InChI=1S/C43H74NO10P/c1-7-23-37-31-34(3)39(52-37)25-19-15-11-9-10-12-18-22-28-43(46)53-38(33-51-55(47,48)50-30-29-44-6)32-49-42(45)27-21-17-14-13-16-20-26-41-36(5)35(4)40(54-41)24-8-2/h31,38,44H,7-30,32-33H2,1-6H3,(H,47,48)/t38-/m1/s1. The van der Waals surface area contributed by atoms with Crippen molar-refractivity contribution < 1.29 is 46.4 Å². The average molecular weight is 796 g/mol. The first-order valence-corrected chi connectivity index (χ1v) is 22.8. The van der Waals surface area contributed by atoms with Gasteiger partial charge in [-0.15, -0.1) is 0 Å². The molecule has 2 heterocycles. The summed E-state index contributed by atoms with van der Waals surface area (Å²) in [7, 11) is -2.68. The Balaban J connectivity index is 1.62. The summed E-state index contributed by atoms with van der Waals surface area (Å²) >= 11 is 0. The first-order valence-electron chi connectivity index (χ1n) is 21.3. The number of likely N-dealkylation sites (N-methyl/N-ethyl adjacent to an activating group) is 1. The van der Waals surface area contributed by atoms with Crippen LogP contribution in [0.15, 0.2) is 14.9 Å². The molecule has 0 fully saturated rings. The normalized spacial score (nSPS) is 13.2. The molecule has 0 aliphatic heterocycles. The Morgan fingerprint density at radius 2 is 1.22 bits per heavy atom. The molecule has 0 aliphatic carbocycles. The van der Waals surface area contributed by atoms with Gasteiger partial charge in [0.15, 0.2) is 6.10 Å². The lowest BCUT2D eigenvalue weighted by atomic mass is 10.0. The zero-order valence-electron chi connectivity index (χ0n) is 35.1. The van der Waals surface area contributed by atoms with Crippen LogP contribution in [-0.2, 0) is 58.4 Å². The number of phosphoric acid groups is 1. The molecule has 12 heteroatoms. The van der Waals surface area contributed by atoms with E-state index in [1.54, 1.807) is 7.05 Å². The minimum Gasteiger partial charge on any atom is -0.466 e. The Morgan fingerprint density at radius 1 is 0.691 bits per heavy atom. The molecule has 2 atom stereocenters. The quantitative estimate of drug-likeness (QED) is 0.0396. The number of phosphoric ester groups is 1. The second-order valence-corrected chi connectivity index (χ2v) is 16.4. The third kappa shape index (κ3) is 21.6. The van der Waals surface area contributed by atoms with Gasteiger partial charge in [-0.1, -0.05) is 78.1 Å². The van der Waals surface area contributed by atoms with Crippen LogP contribution < -0.4 is 5.32 Å². The molecule has 2 aromatic rings. The summed E-state index contributed by atoms with van der Waals surface area (Å²) in [6.45, 7) is 10.4. The number of aryl methyl sites for hydroxylation is 5. The van der Waals surface area contributed by atoms with Gasteiger partial charge in [0, 0.05) is 45.1 Å². The molecule has 0 amide bonds. The van der Waals surface area contributed by atoms with Crippen molar-refractivity contribution in [2.75, 3.05) is 33.4 Å². The van der Waals surface area contributed by atoms with E-state index >= 15 is 0 Å². The van der Waals surface area contributed by atoms with Crippen LogP contribution in [0.3, 0.4) is 0 Å². The summed E-state index contributed by atoms with van der Waals surface area (Å²) in [6, 6.07) is 2.17. The Bertz CT molecular complexity index is 1390. The second kappa shape index (κ2) is 28.9. The molecule has 11 nitrogen and oxygen atoms in total. The maximum absolute atomic E-state index is 12.7. The van der Waals surface area contributed by atoms with Crippen LogP contribution in [0.2, 0.25) is 0 Å². The van der Waals surface area contributed by atoms with Crippen LogP contribution in [0.4, 0.5) is 0 Å². The fourth-order valence-corrected chi connectivity index (χ4v) is 7.36. The van der Waals surface area contributed by atoms with Gasteiger partial charge in [0.2, 0.25) is 0 Å². The van der Waals surface area contributed by atoms with Gasteiger partial charge in [0.05, 0.1) is 13.2 Å². The van der Waals surface area contributed by atoms with Gasteiger partial charge in [0.1, 0.15) is 29.6 Å². The van der Waals surface area contributed by atoms with Crippen molar-refractivity contribution >= 4 is 19.8 Å². The summed E-state index contributed by atoms with van der Waals surface area (Å²) in [5.74, 6) is 3.61. The molecule has 0 aliphatic rings. The summed E-state index contributed by atoms with van der Waals surface area (Å²) in [4.78, 5) is 35.2. The SMILES string of the molecule is CCCc1cc(C)c(CCCCCCCCCCC(=O)O[C@H](COC(=O)CCCCCCCCc2oc(CCC)c(C)c2C)COP(=O)(O)OCCNC)o1. The molecule has 0 aromatic carbocycles. The number of carbonyl (C=O) groups excluding carboxylic acids is 2. The van der Waals surface area contributed by atoms with Crippen LogP contribution in [0.1, 0.15) is 169 Å². The van der Waals surface area contributed by atoms with Crippen LogP contribution in [0.25, 0.3) is 0 Å². The highest BCUT2D eigenvalue weighted by molar-refractivity contribution is 7.47. The zero-order valence-corrected chi connectivity index (χ0v) is 36.0. The molecular formula is C43H74NO10P. The predicted octanol–water partition coefficient (Wildman–Crippen LogP) is 10.5. The van der Waals surface area contributed by atoms with Crippen molar-refractivity contribution in [3.05, 3.63) is 45.8 Å². The fraction of sp³-hybridized carbons (Fsp3) is 0.767. The van der Waals surface area contributed by atoms with E-state index in [0.29, 0.717) is 19.4 Å². The lowest BCUT2D eigenvalue weighted by Crippen LogP contribution is -2.29. The maximum atomic E-state index is 12.7. The van der Waals surface area contributed by atoms with Crippen molar-refractivity contribution in [2.45, 2.75) is 182 Å². The fourth-order valence-electron chi connectivity index (χ4n) is 6.61. The first-order chi connectivity index (χ1) is 26.5. The van der Waals surface area contributed by atoms with E-state index in [1.165, 1.54) is 29.5 Å². The lowest BCUT2D eigenvalue weighted by molar-refractivity contribution is -0.161. The molecule has 0 saturated heterocycles. The van der Waals surface area contributed by atoms with Gasteiger partial charge in [-0.3, -0.25) is 18.6 Å². The van der Waals surface area contributed by atoms with E-state index in [4.69, 9.17) is 27.4 Å². The number of rotatable bonds is 34. The van der Waals surface area contributed by atoms with Gasteiger partial charge < -0.3 is 28.5 Å². The number of unbranched alkanes of at least 4 members (excludes halogenated alkanes) is 12. The van der Waals surface area contributed by atoms with Gasteiger partial charge in [0.25, 0.3) is 0 Å². The highest BCUT2D eigenvalue weighted by Crippen LogP contribution is 2.43. The molecule has 0 bridgehead atoms. The van der Waals surface area contributed by atoms with Crippen molar-refractivity contribution in [3.63, 3.8) is 0 Å². The van der Waals surface area contributed by atoms with Gasteiger partial charge >= 0.3 is 19.8 Å². The third-order valence-electron chi connectivity index (χ3n) is 10.0.